The molecule has 102 valence electrons. The van der Waals surface area contributed by atoms with Gasteiger partial charge in [0.15, 0.2) is 0 Å². The number of rotatable bonds is 4. The number of benzene rings is 1. The van der Waals surface area contributed by atoms with E-state index < -0.39 is 0 Å². The largest absolute Gasteiger partial charge is 0.326 e. The van der Waals surface area contributed by atoms with Gasteiger partial charge in [0.1, 0.15) is 5.03 Å². The molecule has 4 heteroatoms. The van der Waals surface area contributed by atoms with Gasteiger partial charge < -0.3 is 5.73 Å². The highest BCUT2D eigenvalue weighted by atomic mass is 32.2. The standard InChI is InChI=1S/C15H21N3S/c1-10(2)12-5-7-13(8-6-12)19-15-14(9-16)11(3)17-18(15)4/h5-8,10H,9,16H2,1-4H3. The summed E-state index contributed by atoms with van der Waals surface area (Å²) in [4.78, 5) is 1.22. The molecule has 1 aromatic carbocycles. The molecule has 0 saturated heterocycles. The highest BCUT2D eigenvalue weighted by molar-refractivity contribution is 7.99. The van der Waals surface area contributed by atoms with Crippen molar-refractivity contribution >= 4 is 11.8 Å². The first-order valence-electron chi connectivity index (χ1n) is 6.53. The Morgan fingerprint density at radius 3 is 2.42 bits per heavy atom. The van der Waals surface area contributed by atoms with Gasteiger partial charge in [0.25, 0.3) is 0 Å². The quantitative estimate of drug-likeness (QED) is 0.929. The summed E-state index contributed by atoms with van der Waals surface area (Å²) in [6, 6.07) is 8.72. The molecule has 0 atom stereocenters. The van der Waals surface area contributed by atoms with Crippen LogP contribution in [-0.4, -0.2) is 9.78 Å². The van der Waals surface area contributed by atoms with E-state index in [1.165, 1.54) is 10.5 Å². The Morgan fingerprint density at radius 1 is 1.26 bits per heavy atom. The number of hydrogen-bond acceptors (Lipinski definition) is 3. The minimum absolute atomic E-state index is 0.534. The Balaban J connectivity index is 2.26. The van der Waals surface area contributed by atoms with Crippen molar-refractivity contribution in [2.75, 3.05) is 0 Å². The van der Waals surface area contributed by atoms with E-state index in [0.29, 0.717) is 12.5 Å². The van der Waals surface area contributed by atoms with Crippen LogP contribution in [0.15, 0.2) is 34.2 Å². The molecule has 0 aliphatic rings. The van der Waals surface area contributed by atoms with Crippen molar-refractivity contribution in [2.24, 2.45) is 12.8 Å². The van der Waals surface area contributed by atoms with Crippen LogP contribution >= 0.6 is 11.8 Å². The van der Waals surface area contributed by atoms with Gasteiger partial charge in [-0.3, -0.25) is 4.68 Å². The zero-order valence-corrected chi connectivity index (χ0v) is 12.8. The highest BCUT2D eigenvalue weighted by Gasteiger charge is 2.13. The second-order valence-corrected chi connectivity index (χ2v) is 6.08. The molecular formula is C15H21N3S. The van der Waals surface area contributed by atoms with E-state index in [4.69, 9.17) is 5.73 Å². The highest BCUT2D eigenvalue weighted by Crippen LogP contribution is 2.32. The first kappa shape index (κ1) is 14.2. The Labute approximate surface area is 119 Å². The van der Waals surface area contributed by atoms with Gasteiger partial charge in [-0.15, -0.1) is 0 Å². The number of aryl methyl sites for hydroxylation is 2. The predicted molar refractivity (Wildman–Crippen MR) is 80.5 cm³/mol. The second-order valence-electron chi connectivity index (χ2n) is 5.02. The SMILES string of the molecule is Cc1nn(C)c(Sc2ccc(C(C)C)cc2)c1CN. The topological polar surface area (TPSA) is 43.8 Å². The molecule has 0 unspecified atom stereocenters. The van der Waals surface area contributed by atoms with Crippen molar-refractivity contribution in [3.63, 3.8) is 0 Å². The molecule has 19 heavy (non-hydrogen) atoms. The lowest BCUT2D eigenvalue weighted by Gasteiger charge is -2.08. The fourth-order valence-electron chi connectivity index (χ4n) is 2.08. The zero-order chi connectivity index (χ0) is 14.0. The molecule has 2 rings (SSSR count). The second kappa shape index (κ2) is 5.80. The molecule has 3 nitrogen and oxygen atoms in total. The lowest BCUT2D eigenvalue weighted by atomic mass is 10.0. The average molecular weight is 275 g/mol. The minimum Gasteiger partial charge on any atom is -0.326 e. The van der Waals surface area contributed by atoms with Crippen LogP contribution in [0.4, 0.5) is 0 Å². The number of nitrogens with zero attached hydrogens (tertiary/aromatic N) is 2. The van der Waals surface area contributed by atoms with Gasteiger partial charge in [-0.25, -0.2) is 0 Å². The van der Waals surface area contributed by atoms with Crippen molar-refractivity contribution in [3.05, 3.63) is 41.1 Å². The minimum atomic E-state index is 0.534. The Hall–Kier alpha value is -1.26. The van der Waals surface area contributed by atoms with E-state index in [1.807, 2.05) is 18.7 Å². The smallest absolute Gasteiger partial charge is 0.103 e. The first-order chi connectivity index (χ1) is 9.02. The number of aromatic nitrogens is 2. The number of nitrogens with two attached hydrogens (primary N) is 1. The van der Waals surface area contributed by atoms with Crippen molar-refractivity contribution in [1.82, 2.24) is 9.78 Å². The van der Waals surface area contributed by atoms with Crippen LogP contribution in [0.5, 0.6) is 0 Å². The monoisotopic (exact) mass is 275 g/mol. The van der Waals surface area contributed by atoms with E-state index in [1.54, 1.807) is 11.8 Å². The summed E-state index contributed by atoms with van der Waals surface area (Å²) in [5.41, 5.74) is 9.34. The van der Waals surface area contributed by atoms with Crippen molar-refractivity contribution in [3.8, 4) is 0 Å². The molecule has 0 radical (unpaired) electrons. The summed E-state index contributed by atoms with van der Waals surface area (Å²) in [7, 11) is 1.97. The van der Waals surface area contributed by atoms with E-state index >= 15 is 0 Å². The summed E-state index contributed by atoms with van der Waals surface area (Å²) in [6.07, 6.45) is 0. The summed E-state index contributed by atoms with van der Waals surface area (Å²) in [5, 5.41) is 5.58. The van der Waals surface area contributed by atoms with E-state index in [2.05, 4.69) is 43.2 Å². The Bertz CT molecular complexity index is 556. The molecular weight excluding hydrogens is 254 g/mol. The van der Waals surface area contributed by atoms with Crippen LogP contribution < -0.4 is 5.73 Å². The third-order valence-electron chi connectivity index (χ3n) is 3.25. The average Bonchev–Trinajstić information content (AvgIpc) is 2.64. The molecule has 2 N–H and O–H groups in total. The van der Waals surface area contributed by atoms with Crippen LogP contribution in [0.3, 0.4) is 0 Å². The normalized spacial score (nSPS) is 11.3. The molecule has 1 heterocycles. The zero-order valence-electron chi connectivity index (χ0n) is 12.0. The third kappa shape index (κ3) is 3.01. The first-order valence-corrected chi connectivity index (χ1v) is 7.35. The molecule has 0 aliphatic carbocycles. The molecule has 0 fully saturated rings. The number of hydrogen-bond donors (Lipinski definition) is 1. The van der Waals surface area contributed by atoms with Crippen LogP contribution in [0.1, 0.15) is 36.6 Å². The Morgan fingerprint density at radius 2 is 1.89 bits per heavy atom. The van der Waals surface area contributed by atoms with E-state index in [0.717, 1.165) is 16.3 Å². The van der Waals surface area contributed by atoms with Gasteiger partial charge in [0.2, 0.25) is 0 Å². The van der Waals surface area contributed by atoms with Gasteiger partial charge in [-0.1, -0.05) is 37.7 Å². The van der Waals surface area contributed by atoms with Crippen LogP contribution in [0.25, 0.3) is 0 Å². The molecule has 0 spiro atoms. The fourth-order valence-corrected chi connectivity index (χ4v) is 3.10. The summed E-state index contributed by atoms with van der Waals surface area (Å²) in [6.45, 7) is 6.96. The molecule has 0 saturated carbocycles. The Kier molecular flexibility index (Phi) is 4.32. The van der Waals surface area contributed by atoms with Crippen molar-refractivity contribution in [2.45, 2.75) is 43.2 Å². The lowest BCUT2D eigenvalue weighted by molar-refractivity contribution is 0.688. The van der Waals surface area contributed by atoms with E-state index in [-0.39, 0.29) is 0 Å². The lowest BCUT2D eigenvalue weighted by Crippen LogP contribution is -1.99. The van der Waals surface area contributed by atoms with Crippen LogP contribution in [-0.2, 0) is 13.6 Å². The third-order valence-corrected chi connectivity index (χ3v) is 4.47. The maximum Gasteiger partial charge on any atom is 0.103 e. The molecule has 1 aromatic heterocycles. The maximum absolute atomic E-state index is 5.82. The van der Waals surface area contributed by atoms with Crippen LogP contribution in [0, 0.1) is 6.92 Å². The summed E-state index contributed by atoms with van der Waals surface area (Å²) >= 11 is 1.73. The van der Waals surface area contributed by atoms with Crippen LogP contribution in [0.2, 0.25) is 0 Å². The molecule has 0 aliphatic heterocycles. The molecule has 0 bridgehead atoms. The molecule has 0 amide bonds. The molecule has 2 aromatic rings. The van der Waals surface area contributed by atoms with Gasteiger partial charge in [0.05, 0.1) is 5.69 Å². The van der Waals surface area contributed by atoms with Gasteiger partial charge >= 0.3 is 0 Å². The van der Waals surface area contributed by atoms with Gasteiger partial charge in [-0.05, 0) is 30.5 Å². The van der Waals surface area contributed by atoms with Crippen molar-refractivity contribution in [1.29, 1.82) is 0 Å². The summed E-state index contributed by atoms with van der Waals surface area (Å²) in [5.74, 6) is 0.567. The predicted octanol–water partition coefficient (Wildman–Crippen LogP) is 3.46. The van der Waals surface area contributed by atoms with E-state index in [9.17, 15) is 0 Å². The van der Waals surface area contributed by atoms with Gasteiger partial charge in [0, 0.05) is 24.1 Å². The maximum atomic E-state index is 5.82. The van der Waals surface area contributed by atoms with Crippen molar-refractivity contribution < 1.29 is 0 Å². The fraction of sp³-hybridized carbons (Fsp3) is 0.400. The summed E-state index contributed by atoms with van der Waals surface area (Å²) < 4.78 is 1.92. The van der Waals surface area contributed by atoms with Gasteiger partial charge in [-0.2, -0.15) is 5.10 Å².